The van der Waals surface area contributed by atoms with Crippen LogP contribution >= 0.6 is 0 Å². The molecule has 2 aliphatic rings. The van der Waals surface area contributed by atoms with Crippen LogP contribution in [0.2, 0.25) is 0 Å². The Morgan fingerprint density at radius 1 is 1.26 bits per heavy atom. The number of fused-ring (bicyclic) bond motifs is 1. The van der Waals surface area contributed by atoms with E-state index < -0.39 is 0 Å². The maximum Gasteiger partial charge on any atom is 0.262 e. The smallest absolute Gasteiger partial charge is 0.262 e. The summed E-state index contributed by atoms with van der Waals surface area (Å²) in [7, 11) is 1.83. The highest BCUT2D eigenvalue weighted by atomic mass is 16.1. The van der Waals surface area contributed by atoms with E-state index in [-0.39, 0.29) is 5.56 Å². The third-order valence-electron chi connectivity index (χ3n) is 5.28. The summed E-state index contributed by atoms with van der Waals surface area (Å²) < 4.78 is 1.68. The molecule has 0 bridgehead atoms. The fourth-order valence-electron chi connectivity index (χ4n) is 3.83. The molecule has 1 N–H and O–H groups in total. The van der Waals surface area contributed by atoms with Gasteiger partial charge in [-0.1, -0.05) is 19.3 Å². The van der Waals surface area contributed by atoms with Crippen molar-refractivity contribution in [3.8, 4) is 0 Å². The summed E-state index contributed by atoms with van der Waals surface area (Å²) >= 11 is 0. The van der Waals surface area contributed by atoms with Gasteiger partial charge in [-0.15, -0.1) is 0 Å². The van der Waals surface area contributed by atoms with Gasteiger partial charge in [0.25, 0.3) is 5.56 Å². The molecule has 0 spiro atoms. The van der Waals surface area contributed by atoms with Crippen molar-refractivity contribution >= 4 is 11.0 Å². The van der Waals surface area contributed by atoms with E-state index in [9.17, 15) is 4.79 Å². The van der Waals surface area contributed by atoms with Crippen LogP contribution in [0.1, 0.15) is 50.8 Å². The van der Waals surface area contributed by atoms with Crippen molar-refractivity contribution in [1.82, 2.24) is 24.6 Å². The number of hydrogen-bond donors (Lipinski definition) is 1. The Kier molecular flexibility index (Phi) is 3.93. The molecule has 0 saturated heterocycles. The third kappa shape index (κ3) is 3.17. The monoisotopic (exact) mass is 315 g/mol. The van der Waals surface area contributed by atoms with Crippen molar-refractivity contribution in [2.24, 2.45) is 13.0 Å². The fraction of sp³-hybridized carbons (Fsp3) is 0.706. The summed E-state index contributed by atoms with van der Waals surface area (Å²) in [6, 6.07) is 0.685. The molecule has 2 saturated carbocycles. The van der Waals surface area contributed by atoms with Gasteiger partial charge in [0, 0.05) is 19.6 Å². The predicted octanol–water partition coefficient (Wildman–Crippen LogP) is 2.20. The molecular formula is C17H25N5O. The van der Waals surface area contributed by atoms with Gasteiger partial charge >= 0.3 is 0 Å². The lowest BCUT2D eigenvalue weighted by molar-refractivity contribution is 0.182. The van der Waals surface area contributed by atoms with Crippen molar-refractivity contribution in [2.75, 3.05) is 6.54 Å². The van der Waals surface area contributed by atoms with Gasteiger partial charge in [-0.2, -0.15) is 5.10 Å². The Balaban J connectivity index is 1.54. The molecule has 0 atom stereocenters. The molecular weight excluding hydrogens is 290 g/mol. The molecule has 0 unspecified atom stereocenters. The number of nitrogens with zero attached hydrogens (tertiary/aromatic N) is 4. The van der Waals surface area contributed by atoms with Crippen LogP contribution < -0.4 is 5.56 Å². The van der Waals surface area contributed by atoms with E-state index in [2.05, 4.69) is 20.0 Å². The van der Waals surface area contributed by atoms with Crippen LogP contribution in [0.4, 0.5) is 0 Å². The van der Waals surface area contributed by atoms with Crippen LogP contribution in [-0.4, -0.2) is 37.2 Å². The number of nitrogens with one attached hydrogen (secondary N) is 1. The van der Waals surface area contributed by atoms with Crippen molar-refractivity contribution in [3.05, 3.63) is 22.4 Å². The van der Waals surface area contributed by atoms with E-state index in [0.717, 1.165) is 24.8 Å². The lowest BCUT2D eigenvalue weighted by Gasteiger charge is -2.29. The molecule has 2 aromatic rings. The highest BCUT2D eigenvalue weighted by molar-refractivity contribution is 5.72. The quantitative estimate of drug-likeness (QED) is 0.918. The van der Waals surface area contributed by atoms with E-state index in [1.807, 2.05) is 7.05 Å². The zero-order chi connectivity index (χ0) is 15.8. The highest BCUT2D eigenvalue weighted by Gasteiger charge is 2.31. The Labute approximate surface area is 135 Å². The minimum atomic E-state index is -0.0773. The minimum absolute atomic E-state index is 0.0773. The molecule has 6 heteroatoms. The molecule has 23 heavy (non-hydrogen) atoms. The van der Waals surface area contributed by atoms with Crippen LogP contribution in [0.3, 0.4) is 0 Å². The van der Waals surface area contributed by atoms with Crippen LogP contribution in [0.15, 0.2) is 11.0 Å². The summed E-state index contributed by atoms with van der Waals surface area (Å²) in [5.74, 6) is 1.59. The molecule has 2 aromatic heterocycles. The summed E-state index contributed by atoms with van der Waals surface area (Å²) in [5, 5.41) is 4.71. The lowest BCUT2D eigenvalue weighted by atomic mass is 9.89. The molecule has 0 aliphatic heterocycles. The second-order valence-corrected chi connectivity index (χ2v) is 7.18. The van der Waals surface area contributed by atoms with Gasteiger partial charge in [-0.25, -0.2) is 4.98 Å². The largest absolute Gasteiger partial charge is 0.309 e. The van der Waals surface area contributed by atoms with Crippen LogP contribution in [0, 0.1) is 5.92 Å². The van der Waals surface area contributed by atoms with Crippen molar-refractivity contribution in [1.29, 1.82) is 0 Å². The number of rotatable bonds is 5. The molecule has 4 rings (SSSR count). The van der Waals surface area contributed by atoms with Crippen molar-refractivity contribution < 1.29 is 0 Å². The molecule has 2 fully saturated rings. The maximum absolute atomic E-state index is 12.2. The Morgan fingerprint density at radius 2 is 2.04 bits per heavy atom. The number of hydrogen-bond acceptors (Lipinski definition) is 4. The zero-order valence-electron chi connectivity index (χ0n) is 13.8. The van der Waals surface area contributed by atoms with E-state index in [4.69, 9.17) is 0 Å². The van der Waals surface area contributed by atoms with Crippen LogP contribution in [-0.2, 0) is 13.6 Å². The number of aromatic amines is 1. The molecule has 2 aliphatic carbocycles. The Hall–Kier alpha value is -1.69. The van der Waals surface area contributed by atoms with Gasteiger partial charge < -0.3 is 4.98 Å². The second-order valence-electron chi connectivity index (χ2n) is 7.18. The van der Waals surface area contributed by atoms with E-state index in [0.29, 0.717) is 17.1 Å². The summed E-state index contributed by atoms with van der Waals surface area (Å²) in [6.07, 6.45) is 11.0. The average Bonchev–Trinajstić information content (AvgIpc) is 3.33. The number of aromatic nitrogens is 4. The Bertz CT molecular complexity index is 739. The number of H-pyrrole nitrogens is 1. The summed E-state index contributed by atoms with van der Waals surface area (Å²) in [6.45, 7) is 1.90. The van der Waals surface area contributed by atoms with Crippen molar-refractivity contribution in [3.63, 3.8) is 0 Å². The summed E-state index contributed by atoms with van der Waals surface area (Å²) in [4.78, 5) is 22.3. The van der Waals surface area contributed by atoms with Crippen LogP contribution in [0.5, 0.6) is 0 Å². The standard InChI is InChI=1S/C17H25N5O/c1-21-16-14(9-18-21)17(23)20-15(19-16)11-22(13-7-8-13)10-12-5-3-2-4-6-12/h9,12-13H,2-8,10-11H2,1H3,(H,19,20,23). The first-order chi connectivity index (χ1) is 11.2. The van der Waals surface area contributed by atoms with Gasteiger partial charge in [-0.3, -0.25) is 14.4 Å². The zero-order valence-corrected chi connectivity index (χ0v) is 13.8. The van der Waals surface area contributed by atoms with E-state index in [1.165, 1.54) is 44.9 Å². The number of aryl methyl sites for hydroxylation is 1. The van der Waals surface area contributed by atoms with E-state index in [1.54, 1.807) is 10.9 Å². The molecule has 0 amide bonds. The third-order valence-corrected chi connectivity index (χ3v) is 5.28. The molecule has 6 nitrogen and oxygen atoms in total. The lowest BCUT2D eigenvalue weighted by Crippen LogP contribution is -2.33. The SMILES string of the molecule is Cn1ncc2c(=O)[nH]c(CN(CC3CCCCC3)C3CC3)nc21. The fourth-order valence-corrected chi connectivity index (χ4v) is 3.83. The van der Waals surface area contributed by atoms with Crippen molar-refractivity contribution in [2.45, 2.75) is 57.5 Å². The average molecular weight is 315 g/mol. The molecule has 0 aromatic carbocycles. The molecule has 0 radical (unpaired) electrons. The maximum atomic E-state index is 12.2. The minimum Gasteiger partial charge on any atom is -0.309 e. The predicted molar refractivity (Wildman–Crippen MR) is 89.1 cm³/mol. The topological polar surface area (TPSA) is 66.8 Å². The van der Waals surface area contributed by atoms with Gasteiger partial charge in [0.1, 0.15) is 11.2 Å². The molecule has 124 valence electrons. The summed E-state index contributed by atoms with van der Waals surface area (Å²) in [5.41, 5.74) is 0.601. The first kappa shape index (κ1) is 14.9. The van der Waals surface area contributed by atoms with Gasteiger partial charge in [-0.05, 0) is 31.6 Å². The first-order valence-electron chi connectivity index (χ1n) is 8.85. The second kappa shape index (κ2) is 6.07. The molecule has 2 heterocycles. The van der Waals surface area contributed by atoms with E-state index >= 15 is 0 Å². The van der Waals surface area contributed by atoms with Crippen LogP contribution in [0.25, 0.3) is 11.0 Å². The highest BCUT2D eigenvalue weighted by Crippen LogP contribution is 2.32. The van der Waals surface area contributed by atoms with Gasteiger partial charge in [0.05, 0.1) is 12.7 Å². The normalized spacial score (nSPS) is 19.7. The first-order valence-corrected chi connectivity index (χ1v) is 8.85. The Morgan fingerprint density at radius 3 is 2.78 bits per heavy atom. The van der Waals surface area contributed by atoms with Gasteiger partial charge in [0.15, 0.2) is 5.65 Å². The van der Waals surface area contributed by atoms with Gasteiger partial charge in [0.2, 0.25) is 0 Å².